The Morgan fingerprint density at radius 3 is 1.17 bits per heavy atom. The minimum absolute atomic E-state index is 0. The topological polar surface area (TPSA) is 13.1 Å². The molecule has 5 rings (SSSR count). The van der Waals surface area contributed by atoms with E-state index >= 15 is 0 Å². The van der Waals surface area contributed by atoms with Gasteiger partial charge in [-0.25, -0.2) is 0 Å². The molecule has 1 nitrogen and oxygen atoms in total. The van der Waals surface area contributed by atoms with Crippen molar-refractivity contribution in [2.75, 3.05) is 0 Å². The largest absolute Gasteiger partial charge is 0.456 e. The second-order valence-corrected chi connectivity index (χ2v) is 5.44. The second kappa shape index (κ2) is 7.01. The molecule has 0 aliphatic rings. The van der Waals surface area contributed by atoms with Crippen molar-refractivity contribution in [3.8, 4) is 0 Å². The van der Waals surface area contributed by atoms with Gasteiger partial charge in [-0.3, -0.25) is 0 Å². The Kier molecular flexibility index (Phi) is 4.62. The zero-order valence-electron chi connectivity index (χ0n) is 12.6. The summed E-state index contributed by atoms with van der Waals surface area (Å²) in [6, 6.07) is 32.9. The molecule has 0 spiro atoms. The van der Waals surface area contributed by atoms with Crippen molar-refractivity contribution in [2.24, 2.45) is 0 Å². The van der Waals surface area contributed by atoms with Crippen LogP contribution in [0.25, 0.3) is 32.7 Å². The predicted molar refractivity (Wildman–Crippen MR) is 104 cm³/mol. The Hall–Kier alpha value is -3.06. The summed E-state index contributed by atoms with van der Waals surface area (Å²) in [4.78, 5) is 0. The maximum Gasteiger partial charge on any atom is 0.135 e. The van der Waals surface area contributed by atoms with E-state index in [0.717, 1.165) is 11.2 Å². The van der Waals surface area contributed by atoms with Crippen molar-refractivity contribution in [2.45, 2.75) is 7.43 Å². The highest BCUT2D eigenvalue weighted by atomic mass is 16.3. The molecule has 0 aliphatic heterocycles. The summed E-state index contributed by atoms with van der Waals surface area (Å²) in [6.07, 6.45) is 0. The molecule has 0 saturated heterocycles. The van der Waals surface area contributed by atoms with E-state index in [4.69, 9.17) is 4.42 Å². The molecule has 0 N–H and O–H groups in total. The summed E-state index contributed by atoms with van der Waals surface area (Å²) in [7, 11) is 0. The van der Waals surface area contributed by atoms with Gasteiger partial charge in [0.2, 0.25) is 0 Å². The van der Waals surface area contributed by atoms with E-state index in [1.54, 1.807) is 0 Å². The molecule has 1 heteroatoms. The molecule has 0 fully saturated rings. The maximum absolute atomic E-state index is 5.65. The Morgan fingerprint density at radius 1 is 0.417 bits per heavy atom. The Bertz CT molecular complexity index is 957. The van der Waals surface area contributed by atoms with Crippen molar-refractivity contribution in [1.82, 2.24) is 0 Å². The van der Waals surface area contributed by atoms with Gasteiger partial charge in [0.1, 0.15) is 11.2 Å². The quantitative estimate of drug-likeness (QED) is 0.298. The molecule has 118 valence electrons. The highest BCUT2D eigenvalue weighted by Gasteiger charge is 2.03. The number of fused-ring (bicyclic) bond motifs is 4. The molecule has 1 heterocycles. The van der Waals surface area contributed by atoms with E-state index in [2.05, 4.69) is 60.7 Å². The molecule has 4 aromatic carbocycles. The first kappa shape index (κ1) is 15.8. The van der Waals surface area contributed by atoms with Gasteiger partial charge in [-0.15, -0.1) is 0 Å². The predicted octanol–water partition coefficient (Wildman–Crippen LogP) is 7.06. The van der Waals surface area contributed by atoms with Crippen LogP contribution >= 0.6 is 0 Å². The van der Waals surface area contributed by atoms with Crippen molar-refractivity contribution >= 4 is 32.7 Å². The molecule has 0 atom stereocenters. The molecule has 0 aliphatic carbocycles. The highest BCUT2D eigenvalue weighted by molar-refractivity contribution is 6.04. The third-order valence-electron chi connectivity index (χ3n) is 3.94. The average molecular weight is 312 g/mol. The van der Waals surface area contributed by atoms with Gasteiger partial charge in [0.15, 0.2) is 0 Å². The van der Waals surface area contributed by atoms with Crippen LogP contribution in [0.15, 0.2) is 101 Å². The standard InChI is InChI=1S/C12H8O.C10H8.CH4/c1-3-7-11-9(5-1)10-6-2-4-8-12(10)13-11;1-2-6-10-8-4-3-7-9(10)5-1;/h1-8H;1-8H;1H4. The lowest BCUT2D eigenvalue weighted by molar-refractivity contribution is 0.669. The summed E-state index contributed by atoms with van der Waals surface area (Å²) >= 11 is 0. The Balaban J connectivity index is 0.000000140. The first-order valence-electron chi connectivity index (χ1n) is 7.72. The Labute approximate surface area is 142 Å². The minimum Gasteiger partial charge on any atom is -0.456 e. The third kappa shape index (κ3) is 3.02. The van der Waals surface area contributed by atoms with Crippen LogP contribution in [0.2, 0.25) is 0 Å². The fraction of sp³-hybridized carbons (Fsp3) is 0.0435. The van der Waals surface area contributed by atoms with Crippen molar-refractivity contribution in [3.63, 3.8) is 0 Å². The molecule has 0 unspecified atom stereocenters. The lowest BCUT2D eigenvalue weighted by Crippen LogP contribution is -1.67. The van der Waals surface area contributed by atoms with Gasteiger partial charge >= 0.3 is 0 Å². The summed E-state index contributed by atoms with van der Waals surface area (Å²) < 4.78 is 5.65. The minimum atomic E-state index is 0. The molecule has 5 aromatic rings. The first-order valence-corrected chi connectivity index (χ1v) is 7.72. The normalized spacial score (nSPS) is 10.2. The molecule has 0 amide bonds. The van der Waals surface area contributed by atoms with Gasteiger partial charge in [-0.1, -0.05) is 92.4 Å². The number of hydrogen-bond donors (Lipinski definition) is 0. The van der Waals surface area contributed by atoms with Crippen LogP contribution in [0.5, 0.6) is 0 Å². The first-order chi connectivity index (χ1) is 11.4. The molecule has 1 aromatic heterocycles. The summed E-state index contributed by atoms with van der Waals surface area (Å²) in [5.74, 6) is 0. The van der Waals surface area contributed by atoms with Crippen LogP contribution in [-0.2, 0) is 0 Å². The van der Waals surface area contributed by atoms with Gasteiger partial charge in [0, 0.05) is 10.8 Å². The maximum atomic E-state index is 5.65. The number of hydrogen-bond acceptors (Lipinski definition) is 1. The van der Waals surface area contributed by atoms with Gasteiger partial charge < -0.3 is 4.42 Å². The van der Waals surface area contributed by atoms with Crippen molar-refractivity contribution < 1.29 is 4.42 Å². The number of benzene rings is 4. The lowest BCUT2D eigenvalue weighted by Gasteiger charge is -1.92. The molecule has 24 heavy (non-hydrogen) atoms. The average Bonchev–Trinajstić information content (AvgIpc) is 3.01. The van der Waals surface area contributed by atoms with E-state index in [0.29, 0.717) is 0 Å². The van der Waals surface area contributed by atoms with Crippen molar-refractivity contribution in [3.05, 3.63) is 97.1 Å². The lowest BCUT2D eigenvalue weighted by atomic mass is 10.1. The van der Waals surface area contributed by atoms with E-state index in [9.17, 15) is 0 Å². The van der Waals surface area contributed by atoms with Crippen LogP contribution in [0.4, 0.5) is 0 Å². The monoisotopic (exact) mass is 312 g/mol. The van der Waals surface area contributed by atoms with Crippen molar-refractivity contribution in [1.29, 1.82) is 0 Å². The van der Waals surface area contributed by atoms with Crippen LogP contribution in [0.1, 0.15) is 7.43 Å². The molecule has 0 saturated carbocycles. The molecular weight excluding hydrogens is 292 g/mol. The van der Waals surface area contributed by atoms with E-state index in [1.165, 1.54) is 21.5 Å². The van der Waals surface area contributed by atoms with Gasteiger partial charge in [0.25, 0.3) is 0 Å². The smallest absolute Gasteiger partial charge is 0.135 e. The number of furan rings is 1. The van der Waals surface area contributed by atoms with E-state index < -0.39 is 0 Å². The fourth-order valence-electron chi connectivity index (χ4n) is 2.81. The summed E-state index contributed by atoms with van der Waals surface area (Å²) in [5.41, 5.74) is 1.92. The highest BCUT2D eigenvalue weighted by Crippen LogP contribution is 2.27. The Morgan fingerprint density at radius 2 is 0.750 bits per heavy atom. The van der Waals surface area contributed by atoms with Crippen LogP contribution in [0.3, 0.4) is 0 Å². The number of rotatable bonds is 0. The SMILES string of the molecule is C.c1ccc2c(c1)oc1ccccc12.c1ccc2ccccc2c1. The van der Waals surface area contributed by atoms with Crippen LogP contribution in [0, 0.1) is 0 Å². The summed E-state index contributed by atoms with van der Waals surface area (Å²) in [6.45, 7) is 0. The fourth-order valence-corrected chi connectivity index (χ4v) is 2.81. The summed E-state index contributed by atoms with van der Waals surface area (Å²) in [5, 5.41) is 5.01. The van der Waals surface area contributed by atoms with Gasteiger partial charge in [0.05, 0.1) is 0 Å². The van der Waals surface area contributed by atoms with Crippen LogP contribution < -0.4 is 0 Å². The molecule has 0 radical (unpaired) electrons. The zero-order chi connectivity index (χ0) is 15.5. The van der Waals surface area contributed by atoms with Crippen LogP contribution in [-0.4, -0.2) is 0 Å². The third-order valence-corrected chi connectivity index (χ3v) is 3.94. The van der Waals surface area contributed by atoms with E-state index in [1.807, 2.05) is 36.4 Å². The van der Waals surface area contributed by atoms with E-state index in [-0.39, 0.29) is 7.43 Å². The van der Waals surface area contributed by atoms with Gasteiger partial charge in [-0.05, 0) is 22.9 Å². The van der Waals surface area contributed by atoms with Gasteiger partial charge in [-0.2, -0.15) is 0 Å². The molecular formula is C23H20O. The molecule has 0 bridgehead atoms. The second-order valence-electron chi connectivity index (χ2n) is 5.44. The zero-order valence-corrected chi connectivity index (χ0v) is 12.6. The number of para-hydroxylation sites is 2.